The van der Waals surface area contributed by atoms with Gasteiger partial charge < -0.3 is 10.2 Å². The molecule has 0 aromatic heterocycles. The highest BCUT2D eigenvalue weighted by Crippen LogP contribution is 2.45. The Morgan fingerprint density at radius 3 is 2.23 bits per heavy atom. The number of hydrogen-bond donors (Lipinski definition) is 2. The predicted octanol–water partition coefficient (Wildman–Crippen LogP) is 1.65. The standard InChI is InChI=1S/C10H18O3/c1-3-8(4-2)10(13)5-7(6-10)9(11)12/h7-8,13H,3-6H2,1-2H3,(H,11,12). The number of hydrogen-bond acceptors (Lipinski definition) is 2. The molecular weight excluding hydrogens is 168 g/mol. The SMILES string of the molecule is CCC(CC)C1(O)CC(C(=O)O)C1. The fraction of sp³-hybridized carbons (Fsp3) is 0.900. The van der Waals surface area contributed by atoms with Crippen molar-refractivity contribution in [3.8, 4) is 0 Å². The molecule has 1 aliphatic carbocycles. The molecule has 0 radical (unpaired) electrons. The molecule has 76 valence electrons. The van der Waals surface area contributed by atoms with Gasteiger partial charge in [-0.05, 0) is 18.8 Å². The largest absolute Gasteiger partial charge is 0.481 e. The molecule has 0 amide bonds. The van der Waals surface area contributed by atoms with Gasteiger partial charge in [0.15, 0.2) is 0 Å². The highest BCUT2D eigenvalue weighted by atomic mass is 16.4. The number of aliphatic hydroxyl groups is 1. The van der Waals surface area contributed by atoms with Gasteiger partial charge in [-0.3, -0.25) is 4.79 Å². The Bertz CT molecular complexity index is 190. The summed E-state index contributed by atoms with van der Waals surface area (Å²) in [6, 6.07) is 0. The highest BCUT2D eigenvalue weighted by Gasteiger charge is 2.49. The Hall–Kier alpha value is -0.570. The van der Waals surface area contributed by atoms with Gasteiger partial charge in [-0.15, -0.1) is 0 Å². The fourth-order valence-electron chi connectivity index (χ4n) is 2.35. The molecule has 2 N–H and O–H groups in total. The van der Waals surface area contributed by atoms with Gasteiger partial charge in [0.1, 0.15) is 0 Å². The van der Waals surface area contributed by atoms with Crippen LogP contribution in [0.3, 0.4) is 0 Å². The molecule has 13 heavy (non-hydrogen) atoms. The average Bonchev–Trinajstić information content (AvgIpc) is 2.01. The van der Waals surface area contributed by atoms with Crippen LogP contribution in [-0.4, -0.2) is 21.8 Å². The first-order valence-electron chi connectivity index (χ1n) is 4.98. The van der Waals surface area contributed by atoms with E-state index in [1.807, 2.05) is 13.8 Å². The lowest BCUT2D eigenvalue weighted by atomic mass is 9.63. The number of rotatable bonds is 4. The van der Waals surface area contributed by atoms with E-state index in [2.05, 4.69) is 0 Å². The van der Waals surface area contributed by atoms with Crippen LogP contribution < -0.4 is 0 Å². The maximum absolute atomic E-state index is 10.6. The summed E-state index contributed by atoms with van der Waals surface area (Å²) in [6.07, 6.45) is 2.74. The number of carbonyl (C=O) groups is 1. The van der Waals surface area contributed by atoms with Gasteiger partial charge in [-0.25, -0.2) is 0 Å². The third-order valence-electron chi connectivity index (χ3n) is 3.29. The summed E-state index contributed by atoms with van der Waals surface area (Å²) >= 11 is 0. The average molecular weight is 186 g/mol. The van der Waals surface area contributed by atoms with Crippen molar-refractivity contribution in [1.82, 2.24) is 0 Å². The third-order valence-corrected chi connectivity index (χ3v) is 3.29. The van der Waals surface area contributed by atoms with Gasteiger partial charge in [0.05, 0.1) is 11.5 Å². The Morgan fingerprint density at radius 1 is 1.46 bits per heavy atom. The molecule has 1 saturated carbocycles. The summed E-state index contributed by atoms with van der Waals surface area (Å²) in [5, 5.41) is 18.7. The lowest BCUT2D eigenvalue weighted by molar-refractivity contribution is -0.167. The smallest absolute Gasteiger partial charge is 0.306 e. The van der Waals surface area contributed by atoms with Crippen molar-refractivity contribution in [2.24, 2.45) is 11.8 Å². The van der Waals surface area contributed by atoms with Gasteiger partial charge in [0.25, 0.3) is 0 Å². The molecule has 0 unspecified atom stereocenters. The molecule has 3 nitrogen and oxygen atoms in total. The Morgan fingerprint density at radius 2 is 1.92 bits per heavy atom. The van der Waals surface area contributed by atoms with Crippen molar-refractivity contribution in [2.45, 2.75) is 45.1 Å². The van der Waals surface area contributed by atoms with Crippen molar-refractivity contribution in [3.05, 3.63) is 0 Å². The maximum Gasteiger partial charge on any atom is 0.306 e. The molecule has 1 rings (SSSR count). The van der Waals surface area contributed by atoms with Crippen LogP contribution in [0.15, 0.2) is 0 Å². The second-order valence-corrected chi connectivity index (χ2v) is 4.06. The Kier molecular flexibility index (Phi) is 2.96. The van der Waals surface area contributed by atoms with E-state index >= 15 is 0 Å². The van der Waals surface area contributed by atoms with Gasteiger partial charge in [-0.1, -0.05) is 26.7 Å². The van der Waals surface area contributed by atoms with Crippen molar-refractivity contribution in [2.75, 3.05) is 0 Å². The highest BCUT2D eigenvalue weighted by molar-refractivity contribution is 5.71. The Balaban J connectivity index is 2.49. The van der Waals surface area contributed by atoms with Crippen LogP contribution >= 0.6 is 0 Å². The van der Waals surface area contributed by atoms with Crippen LogP contribution in [0.4, 0.5) is 0 Å². The second-order valence-electron chi connectivity index (χ2n) is 4.06. The number of carboxylic acid groups (broad SMARTS) is 1. The van der Waals surface area contributed by atoms with Crippen molar-refractivity contribution in [1.29, 1.82) is 0 Å². The molecule has 0 aromatic rings. The van der Waals surface area contributed by atoms with E-state index in [4.69, 9.17) is 5.11 Å². The van der Waals surface area contributed by atoms with Gasteiger partial charge in [0, 0.05) is 0 Å². The lowest BCUT2D eigenvalue weighted by Gasteiger charge is -2.46. The molecule has 3 heteroatoms. The second kappa shape index (κ2) is 3.66. The Labute approximate surface area is 78.8 Å². The lowest BCUT2D eigenvalue weighted by Crippen LogP contribution is -2.51. The summed E-state index contributed by atoms with van der Waals surface area (Å²) in [4.78, 5) is 10.6. The summed E-state index contributed by atoms with van der Waals surface area (Å²) in [5.74, 6) is -0.815. The monoisotopic (exact) mass is 186 g/mol. The first-order chi connectivity index (χ1) is 6.03. The fourth-order valence-corrected chi connectivity index (χ4v) is 2.35. The van der Waals surface area contributed by atoms with Gasteiger partial charge >= 0.3 is 5.97 Å². The zero-order chi connectivity index (χ0) is 10.1. The first kappa shape index (κ1) is 10.5. The van der Waals surface area contributed by atoms with E-state index in [-0.39, 0.29) is 11.8 Å². The normalized spacial score (nSPS) is 33.1. The molecule has 0 aromatic carbocycles. The topological polar surface area (TPSA) is 57.5 Å². The quantitative estimate of drug-likeness (QED) is 0.701. The summed E-state index contributed by atoms with van der Waals surface area (Å²) in [6.45, 7) is 4.08. The summed E-state index contributed by atoms with van der Waals surface area (Å²) in [5.41, 5.74) is -0.688. The van der Waals surface area contributed by atoms with Crippen LogP contribution in [0.25, 0.3) is 0 Å². The van der Waals surface area contributed by atoms with E-state index < -0.39 is 11.6 Å². The van der Waals surface area contributed by atoms with Crippen molar-refractivity contribution >= 4 is 5.97 Å². The zero-order valence-corrected chi connectivity index (χ0v) is 8.29. The van der Waals surface area contributed by atoms with Gasteiger partial charge in [0.2, 0.25) is 0 Å². The van der Waals surface area contributed by atoms with Crippen LogP contribution in [-0.2, 0) is 4.79 Å². The van der Waals surface area contributed by atoms with Crippen LogP contribution in [0.1, 0.15) is 39.5 Å². The van der Waals surface area contributed by atoms with E-state index in [1.54, 1.807) is 0 Å². The van der Waals surface area contributed by atoms with E-state index in [0.29, 0.717) is 12.8 Å². The molecule has 0 spiro atoms. The van der Waals surface area contributed by atoms with Crippen molar-refractivity contribution < 1.29 is 15.0 Å². The molecule has 1 aliphatic rings. The minimum Gasteiger partial charge on any atom is -0.481 e. The molecule has 0 aliphatic heterocycles. The van der Waals surface area contributed by atoms with E-state index in [0.717, 1.165) is 12.8 Å². The molecule has 0 saturated heterocycles. The molecule has 0 heterocycles. The third kappa shape index (κ3) is 1.85. The summed E-state index contributed by atoms with van der Waals surface area (Å²) < 4.78 is 0. The molecular formula is C10H18O3. The minimum atomic E-state index is -0.768. The number of carboxylic acids is 1. The maximum atomic E-state index is 10.6. The molecule has 0 atom stereocenters. The van der Waals surface area contributed by atoms with Crippen LogP contribution in [0.5, 0.6) is 0 Å². The van der Waals surface area contributed by atoms with Crippen LogP contribution in [0, 0.1) is 11.8 Å². The molecule has 0 bridgehead atoms. The zero-order valence-electron chi connectivity index (χ0n) is 8.29. The number of aliphatic carboxylic acids is 1. The predicted molar refractivity (Wildman–Crippen MR) is 49.4 cm³/mol. The van der Waals surface area contributed by atoms with E-state index in [9.17, 15) is 9.90 Å². The molecule has 1 fully saturated rings. The minimum absolute atomic E-state index is 0.267. The van der Waals surface area contributed by atoms with Gasteiger partial charge in [-0.2, -0.15) is 0 Å². The van der Waals surface area contributed by atoms with Crippen LogP contribution in [0.2, 0.25) is 0 Å². The first-order valence-corrected chi connectivity index (χ1v) is 4.98. The van der Waals surface area contributed by atoms with E-state index in [1.165, 1.54) is 0 Å². The van der Waals surface area contributed by atoms with Crippen molar-refractivity contribution in [3.63, 3.8) is 0 Å². The summed E-state index contributed by atoms with van der Waals surface area (Å²) in [7, 11) is 0.